The van der Waals surface area contributed by atoms with Crippen molar-refractivity contribution >= 4 is 47.3 Å². The zero-order valence-electron chi connectivity index (χ0n) is 39.2. The number of ketones is 2. The number of nitrogens with one attached hydrogen (secondary N) is 2. The first-order valence-electron chi connectivity index (χ1n) is 24.1. The van der Waals surface area contributed by atoms with E-state index in [2.05, 4.69) is 10.6 Å². The van der Waals surface area contributed by atoms with Gasteiger partial charge in [-0.05, 0) is 49.7 Å². The molecule has 0 spiro atoms. The molecular weight excluding hydrogens is 845 g/mol. The summed E-state index contributed by atoms with van der Waals surface area (Å²) in [5.41, 5.74) is 2.10. The number of amides is 2. The van der Waals surface area contributed by atoms with Gasteiger partial charge in [0.05, 0.1) is 38.9 Å². The summed E-state index contributed by atoms with van der Waals surface area (Å²) in [5.74, 6) is -7.30. The van der Waals surface area contributed by atoms with Crippen molar-refractivity contribution in [3.63, 3.8) is 0 Å². The maximum absolute atomic E-state index is 13.3. The summed E-state index contributed by atoms with van der Waals surface area (Å²) in [5, 5.41) is 24.0. The van der Waals surface area contributed by atoms with E-state index in [4.69, 9.17) is 9.47 Å². The minimum atomic E-state index is -1.15. The number of carboxylic acid groups (broad SMARTS) is 2. The molecule has 2 aromatic rings. The number of aliphatic carboxylic acids is 2. The molecule has 0 aliphatic carbocycles. The summed E-state index contributed by atoms with van der Waals surface area (Å²) in [4.78, 5) is 99.7. The minimum absolute atomic E-state index is 0.0954. The summed E-state index contributed by atoms with van der Waals surface area (Å²) < 4.78 is 9.66. The summed E-state index contributed by atoms with van der Waals surface area (Å²) in [6.07, 6.45) is 16.2. The lowest BCUT2D eigenvalue weighted by molar-refractivity contribution is -0.147. The highest BCUT2D eigenvalue weighted by Gasteiger charge is 2.33. The molecule has 4 rings (SSSR count). The molecule has 0 unspecified atom stereocenters. The minimum Gasteiger partial charge on any atom is -0.481 e. The van der Waals surface area contributed by atoms with E-state index in [1.54, 1.807) is 0 Å². The predicted octanol–water partition coefficient (Wildman–Crippen LogP) is 8.16. The highest BCUT2D eigenvalue weighted by molar-refractivity contribution is 5.93. The summed E-state index contributed by atoms with van der Waals surface area (Å²) >= 11 is 0. The summed E-state index contributed by atoms with van der Waals surface area (Å²) in [6.45, 7) is 0. The smallest absolute Gasteiger partial charge is 0.328 e. The average Bonchev–Trinajstić information content (AvgIpc) is 3.30. The number of carbonyl (C=O) groups excluding carboxylic acids is 6. The number of Topliss-reactive ketones (excluding diaryl/α,β-unsaturated/α-hetero) is 2. The van der Waals surface area contributed by atoms with E-state index in [0.29, 0.717) is 25.7 Å². The Morgan fingerprint density at radius 3 is 1.08 bits per heavy atom. The van der Waals surface area contributed by atoms with Crippen LogP contribution in [0.15, 0.2) is 60.7 Å². The van der Waals surface area contributed by atoms with Gasteiger partial charge in [0.25, 0.3) is 0 Å². The quantitative estimate of drug-likeness (QED) is 0.166. The molecule has 2 amide bonds. The van der Waals surface area contributed by atoms with Gasteiger partial charge in [-0.25, -0.2) is 9.59 Å². The van der Waals surface area contributed by atoms with E-state index in [9.17, 15) is 48.6 Å². The van der Waals surface area contributed by atoms with Gasteiger partial charge in [-0.3, -0.25) is 28.8 Å². The summed E-state index contributed by atoms with van der Waals surface area (Å²) in [6, 6.07) is 17.8. The van der Waals surface area contributed by atoms with Crippen molar-refractivity contribution in [3.05, 3.63) is 71.8 Å². The first kappa shape index (κ1) is 54.9. The van der Waals surface area contributed by atoms with Crippen molar-refractivity contribution in [1.82, 2.24) is 10.6 Å². The molecular formula is C52H74N2O12. The van der Waals surface area contributed by atoms with Gasteiger partial charge in [-0.2, -0.15) is 0 Å². The standard InChI is InChI=1S/2C26H37NO6/c2*1-33-26(32)22-15-11-6-4-2-3-5-10-14-20(16-19-12-8-7-9-13-19)23(28)17-21(18-24(29)30)25(31)27-22/h2*7-9,12-13,20-22H,2-6,10-11,14-18H2,1H3,(H,27,31)(H,29,30)/t20-,21+,22+;20-,21-,22-/m10/s1. The Balaban J connectivity index is 0.000000350. The number of methoxy groups -OCH3 is 2. The number of benzene rings is 2. The van der Waals surface area contributed by atoms with Crippen LogP contribution in [0.3, 0.4) is 0 Å². The second-order valence-corrected chi connectivity index (χ2v) is 18.0. The lowest BCUT2D eigenvalue weighted by atomic mass is 9.84. The van der Waals surface area contributed by atoms with Crippen LogP contribution in [0.4, 0.5) is 0 Å². The normalized spacial score (nSPS) is 24.0. The number of hydrogen-bond acceptors (Lipinski definition) is 10. The number of rotatable bonds is 10. The van der Waals surface area contributed by atoms with Crippen molar-refractivity contribution in [2.24, 2.45) is 23.7 Å². The maximum Gasteiger partial charge on any atom is 0.328 e. The fraction of sp³-hybridized carbons (Fsp3) is 0.615. The molecule has 14 heteroatoms. The molecule has 66 heavy (non-hydrogen) atoms. The van der Waals surface area contributed by atoms with Crippen molar-refractivity contribution in [2.75, 3.05) is 14.2 Å². The molecule has 2 aliphatic rings. The molecule has 14 nitrogen and oxygen atoms in total. The second-order valence-electron chi connectivity index (χ2n) is 18.0. The van der Waals surface area contributed by atoms with Gasteiger partial charge in [0.1, 0.15) is 23.7 Å². The van der Waals surface area contributed by atoms with Gasteiger partial charge in [0.15, 0.2) is 0 Å². The van der Waals surface area contributed by atoms with E-state index >= 15 is 0 Å². The van der Waals surface area contributed by atoms with E-state index in [0.717, 1.165) is 114 Å². The van der Waals surface area contributed by atoms with Crippen LogP contribution >= 0.6 is 0 Å². The Morgan fingerprint density at radius 1 is 0.470 bits per heavy atom. The number of carboxylic acids is 2. The van der Waals surface area contributed by atoms with Gasteiger partial charge in [-0.15, -0.1) is 0 Å². The maximum atomic E-state index is 13.3. The Kier molecular flexibility index (Phi) is 26.2. The van der Waals surface area contributed by atoms with Crippen LogP contribution in [-0.2, 0) is 60.7 Å². The number of hydrogen-bond donors (Lipinski definition) is 4. The first-order valence-corrected chi connectivity index (χ1v) is 24.1. The highest BCUT2D eigenvalue weighted by atomic mass is 16.5. The molecule has 0 radical (unpaired) electrons. The number of carbonyl (C=O) groups is 8. The lowest BCUT2D eigenvalue weighted by Gasteiger charge is -2.23. The third-order valence-electron chi connectivity index (χ3n) is 12.7. The number of ether oxygens (including phenoxy) is 2. The Bertz CT molecular complexity index is 1690. The third-order valence-corrected chi connectivity index (χ3v) is 12.7. The van der Waals surface area contributed by atoms with Crippen molar-refractivity contribution < 1.29 is 58.0 Å². The molecule has 0 aromatic heterocycles. The Hall–Kier alpha value is -5.40. The fourth-order valence-electron chi connectivity index (χ4n) is 8.91. The molecule has 0 saturated carbocycles. The van der Waals surface area contributed by atoms with Gasteiger partial charge in [0.2, 0.25) is 11.8 Å². The first-order chi connectivity index (χ1) is 31.8. The van der Waals surface area contributed by atoms with Crippen LogP contribution < -0.4 is 10.6 Å². The monoisotopic (exact) mass is 919 g/mol. The predicted molar refractivity (Wildman–Crippen MR) is 249 cm³/mol. The molecule has 4 N–H and O–H groups in total. The van der Waals surface area contributed by atoms with Crippen LogP contribution in [0.5, 0.6) is 0 Å². The molecule has 364 valence electrons. The molecule has 0 bridgehead atoms. The molecule has 2 fully saturated rings. The van der Waals surface area contributed by atoms with Gasteiger partial charge >= 0.3 is 23.9 Å². The van der Waals surface area contributed by atoms with E-state index in [-0.39, 0.29) is 36.2 Å². The van der Waals surface area contributed by atoms with Crippen LogP contribution in [0.1, 0.15) is 152 Å². The third kappa shape index (κ3) is 21.7. The van der Waals surface area contributed by atoms with Crippen molar-refractivity contribution in [3.8, 4) is 0 Å². The van der Waals surface area contributed by atoms with Crippen molar-refractivity contribution in [2.45, 2.75) is 166 Å². The van der Waals surface area contributed by atoms with E-state index < -0.39 is 72.5 Å². The zero-order chi connectivity index (χ0) is 48.1. The van der Waals surface area contributed by atoms with Crippen LogP contribution in [0.25, 0.3) is 0 Å². The topological polar surface area (TPSA) is 220 Å². The SMILES string of the molecule is COC(=O)[C@@H]1CCCCCCCCC[C@@H](Cc2ccccc2)C(=O)C[C@@H](CC(=O)O)C(=O)N1.COC(=O)[C@@H]1CCCCCCCCC[C@H](Cc2ccccc2)C(=O)C[C@@H](CC(=O)O)C(=O)N1. The zero-order valence-corrected chi connectivity index (χ0v) is 39.2. The lowest BCUT2D eigenvalue weighted by Crippen LogP contribution is -2.45. The molecule has 2 aliphatic heterocycles. The van der Waals surface area contributed by atoms with Crippen LogP contribution in [0.2, 0.25) is 0 Å². The van der Waals surface area contributed by atoms with Gasteiger partial charge in [-0.1, -0.05) is 151 Å². The van der Waals surface area contributed by atoms with Crippen molar-refractivity contribution in [1.29, 1.82) is 0 Å². The second kappa shape index (κ2) is 31.5. The molecule has 2 saturated heterocycles. The largest absolute Gasteiger partial charge is 0.481 e. The van der Waals surface area contributed by atoms with E-state index in [1.165, 1.54) is 14.2 Å². The fourth-order valence-corrected chi connectivity index (χ4v) is 8.91. The number of esters is 2. The van der Waals surface area contributed by atoms with Crippen LogP contribution in [-0.4, -0.2) is 83.8 Å². The van der Waals surface area contributed by atoms with Gasteiger partial charge in [0, 0.05) is 24.7 Å². The molecule has 6 atom stereocenters. The average molecular weight is 919 g/mol. The Morgan fingerprint density at radius 2 is 0.773 bits per heavy atom. The molecule has 2 heterocycles. The van der Waals surface area contributed by atoms with E-state index in [1.807, 2.05) is 60.7 Å². The highest BCUT2D eigenvalue weighted by Crippen LogP contribution is 2.26. The summed E-state index contributed by atoms with van der Waals surface area (Å²) in [7, 11) is 2.53. The Labute approximate surface area is 390 Å². The molecule has 2 aromatic carbocycles. The van der Waals surface area contributed by atoms with Crippen LogP contribution in [0, 0.1) is 23.7 Å². The van der Waals surface area contributed by atoms with Gasteiger partial charge < -0.3 is 30.3 Å².